The summed E-state index contributed by atoms with van der Waals surface area (Å²) in [6, 6.07) is 8.26. The number of hydrogen-bond donors (Lipinski definition) is 1. The quantitative estimate of drug-likeness (QED) is 0.889. The van der Waals surface area contributed by atoms with Crippen LogP contribution in [0.15, 0.2) is 52.1 Å². The number of sulfonamides is 1. The Morgan fingerprint density at radius 2 is 1.90 bits per heavy atom. The van der Waals surface area contributed by atoms with Gasteiger partial charge in [0.1, 0.15) is 5.75 Å². The Kier molecular flexibility index (Phi) is 4.74. The fourth-order valence-electron chi connectivity index (χ4n) is 1.60. The van der Waals surface area contributed by atoms with Gasteiger partial charge in [0.2, 0.25) is 10.0 Å². The molecule has 2 N–H and O–H groups in total. The first-order valence-electron chi connectivity index (χ1n) is 5.81. The third-order valence-electron chi connectivity index (χ3n) is 2.63. The first-order chi connectivity index (χ1) is 9.47. The molecule has 0 saturated heterocycles. The van der Waals surface area contributed by atoms with Gasteiger partial charge in [-0.05, 0) is 51.8 Å². The van der Waals surface area contributed by atoms with Gasteiger partial charge in [0.25, 0.3) is 0 Å². The monoisotopic (exact) mass is 356 g/mol. The number of hydrogen-bond acceptors (Lipinski definition) is 4. The van der Waals surface area contributed by atoms with E-state index in [2.05, 4.69) is 20.9 Å². The van der Waals surface area contributed by atoms with Crippen molar-refractivity contribution in [2.75, 3.05) is 6.61 Å². The minimum atomic E-state index is -3.70. The number of halogens is 1. The fourth-order valence-corrected chi connectivity index (χ4v) is 2.79. The largest absolute Gasteiger partial charge is 0.492 e. The maximum Gasteiger partial charge on any atom is 0.238 e. The van der Waals surface area contributed by atoms with Crippen LogP contribution < -0.4 is 9.88 Å². The molecular formula is C13H13BrN2O3S. The second-order valence-electron chi connectivity index (χ2n) is 4.09. The molecule has 2 rings (SSSR count). The van der Waals surface area contributed by atoms with Crippen molar-refractivity contribution in [3.8, 4) is 5.75 Å². The van der Waals surface area contributed by atoms with Crippen LogP contribution in [0, 0.1) is 0 Å². The average molecular weight is 357 g/mol. The van der Waals surface area contributed by atoms with E-state index < -0.39 is 10.0 Å². The summed E-state index contributed by atoms with van der Waals surface area (Å²) in [4.78, 5) is 3.99. The van der Waals surface area contributed by atoms with Gasteiger partial charge in [-0.2, -0.15) is 0 Å². The lowest BCUT2D eigenvalue weighted by Crippen LogP contribution is -2.12. The van der Waals surface area contributed by atoms with Crippen molar-refractivity contribution in [3.63, 3.8) is 0 Å². The van der Waals surface area contributed by atoms with E-state index in [4.69, 9.17) is 9.88 Å². The molecule has 1 aromatic carbocycles. The lowest BCUT2D eigenvalue weighted by molar-refractivity contribution is 0.319. The predicted octanol–water partition coefficient (Wildman–Crippen LogP) is 2.11. The van der Waals surface area contributed by atoms with Crippen molar-refractivity contribution < 1.29 is 13.2 Å². The molecule has 7 heteroatoms. The van der Waals surface area contributed by atoms with E-state index in [1.165, 1.54) is 12.1 Å². The smallest absolute Gasteiger partial charge is 0.238 e. The summed E-state index contributed by atoms with van der Waals surface area (Å²) in [5.41, 5.74) is 1.12. The molecule has 0 aliphatic rings. The standard InChI is InChI=1S/C13H13BrN2O3S/c14-12-9-11(20(15,17)18)1-2-13(12)19-8-5-10-3-6-16-7-4-10/h1-4,6-7,9H,5,8H2,(H2,15,17,18). The molecule has 20 heavy (non-hydrogen) atoms. The molecule has 0 aliphatic carbocycles. The van der Waals surface area contributed by atoms with Crippen molar-refractivity contribution in [3.05, 3.63) is 52.8 Å². The first-order valence-corrected chi connectivity index (χ1v) is 8.15. The molecule has 2 aromatic rings. The topological polar surface area (TPSA) is 82.3 Å². The zero-order chi connectivity index (χ0) is 14.6. The fraction of sp³-hybridized carbons (Fsp3) is 0.154. The maximum absolute atomic E-state index is 11.2. The summed E-state index contributed by atoms with van der Waals surface area (Å²) in [5.74, 6) is 0.575. The van der Waals surface area contributed by atoms with E-state index >= 15 is 0 Å². The molecular weight excluding hydrogens is 344 g/mol. The minimum Gasteiger partial charge on any atom is -0.492 e. The lowest BCUT2D eigenvalue weighted by atomic mass is 10.2. The Morgan fingerprint density at radius 3 is 2.50 bits per heavy atom. The van der Waals surface area contributed by atoms with Crippen LogP contribution >= 0.6 is 15.9 Å². The summed E-state index contributed by atoms with van der Waals surface area (Å²) < 4.78 is 28.6. The van der Waals surface area contributed by atoms with Crippen LogP contribution in [0.1, 0.15) is 5.56 Å². The van der Waals surface area contributed by atoms with Crippen molar-refractivity contribution in [2.24, 2.45) is 5.14 Å². The number of benzene rings is 1. The van der Waals surface area contributed by atoms with Crippen molar-refractivity contribution in [2.45, 2.75) is 11.3 Å². The molecule has 0 aliphatic heterocycles. The van der Waals surface area contributed by atoms with Crippen molar-refractivity contribution >= 4 is 26.0 Å². The van der Waals surface area contributed by atoms with Gasteiger partial charge in [-0.15, -0.1) is 0 Å². The molecule has 1 aromatic heterocycles. The number of rotatable bonds is 5. The number of nitrogens with two attached hydrogens (primary N) is 1. The molecule has 5 nitrogen and oxygen atoms in total. The highest BCUT2D eigenvalue weighted by molar-refractivity contribution is 9.10. The van der Waals surface area contributed by atoms with Gasteiger partial charge in [-0.3, -0.25) is 4.98 Å². The zero-order valence-corrected chi connectivity index (χ0v) is 12.9. The highest BCUT2D eigenvalue weighted by Gasteiger charge is 2.10. The van der Waals surface area contributed by atoms with Gasteiger partial charge < -0.3 is 4.74 Å². The Balaban J connectivity index is 2.00. The molecule has 106 valence electrons. The van der Waals surface area contributed by atoms with E-state index in [1.807, 2.05) is 12.1 Å². The van der Waals surface area contributed by atoms with E-state index in [0.717, 1.165) is 12.0 Å². The number of ether oxygens (including phenoxy) is 1. The summed E-state index contributed by atoms with van der Waals surface area (Å²) >= 11 is 3.27. The van der Waals surface area contributed by atoms with E-state index in [0.29, 0.717) is 16.8 Å². The van der Waals surface area contributed by atoms with E-state index in [1.54, 1.807) is 18.5 Å². The third-order valence-corrected chi connectivity index (χ3v) is 4.16. The molecule has 0 spiro atoms. The van der Waals surface area contributed by atoms with Gasteiger partial charge in [0.05, 0.1) is 16.0 Å². The Bertz CT molecular complexity index is 690. The van der Waals surface area contributed by atoms with E-state index in [-0.39, 0.29) is 4.90 Å². The van der Waals surface area contributed by atoms with Crippen LogP contribution in [0.3, 0.4) is 0 Å². The second-order valence-corrected chi connectivity index (χ2v) is 6.51. The maximum atomic E-state index is 11.2. The Morgan fingerprint density at radius 1 is 1.20 bits per heavy atom. The summed E-state index contributed by atoms with van der Waals surface area (Å²) in [6.07, 6.45) is 4.20. The van der Waals surface area contributed by atoms with Crippen molar-refractivity contribution in [1.82, 2.24) is 4.98 Å². The van der Waals surface area contributed by atoms with Crippen LogP contribution in [0.5, 0.6) is 5.75 Å². The van der Waals surface area contributed by atoms with Crippen LogP contribution in [0.25, 0.3) is 0 Å². The molecule has 0 atom stereocenters. The van der Waals surface area contributed by atoms with Crippen LogP contribution in [-0.2, 0) is 16.4 Å². The van der Waals surface area contributed by atoms with Gasteiger partial charge in [-0.25, -0.2) is 13.6 Å². The molecule has 0 radical (unpaired) electrons. The molecule has 0 unspecified atom stereocenters. The minimum absolute atomic E-state index is 0.0471. The van der Waals surface area contributed by atoms with Gasteiger partial charge in [0.15, 0.2) is 0 Å². The number of nitrogens with zero attached hydrogens (tertiary/aromatic N) is 1. The molecule has 1 heterocycles. The molecule has 0 bridgehead atoms. The summed E-state index contributed by atoms with van der Waals surface area (Å²) in [7, 11) is -3.70. The number of pyridine rings is 1. The Labute approximate surface area is 126 Å². The van der Waals surface area contributed by atoms with Crippen LogP contribution in [-0.4, -0.2) is 20.0 Å². The van der Waals surface area contributed by atoms with Gasteiger partial charge in [0, 0.05) is 18.8 Å². The predicted molar refractivity (Wildman–Crippen MR) is 79.0 cm³/mol. The van der Waals surface area contributed by atoms with Gasteiger partial charge in [-0.1, -0.05) is 0 Å². The average Bonchev–Trinajstić information content (AvgIpc) is 2.40. The molecule has 0 saturated carbocycles. The molecule has 0 fully saturated rings. The summed E-state index contributed by atoms with van der Waals surface area (Å²) in [5, 5.41) is 5.06. The third kappa shape index (κ3) is 4.03. The highest BCUT2D eigenvalue weighted by Crippen LogP contribution is 2.27. The summed E-state index contributed by atoms with van der Waals surface area (Å²) in [6.45, 7) is 0.483. The van der Waals surface area contributed by atoms with Gasteiger partial charge >= 0.3 is 0 Å². The number of primary sulfonamides is 1. The normalized spacial score (nSPS) is 11.3. The van der Waals surface area contributed by atoms with Crippen LogP contribution in [0.2, 0.25) is 0 Å². The second kappa shape index (κ2) is 6.34. The van der Waals surface area contributed by atoms with Crippen LogP contribution in [0.4, 0.5) is 0 Å². The number of aromatic nitrogens is 1. The SMILES string of the molecule is NS(=O)(=O)c1ccc(OCCc2ccncc2)c(Br)c1. The molecule has 0 amide bonds. The zero-order valence-electron chi connectivity index (χ0n) is 10.5. The lowest BCUT2D eigenvalue weighted by Gasteiger charge is -2.09. The highest BCUT2D eigenvalue weighted by atomic mass is 79.9. The first kappa shape index (κ1) is 15.0. The van der Waals surface area contributed by atoms with Crippen molar-refractivity contribution in [1.29, 1.82) is 0 Å². The Hall–Kier alpha value is -1.44. The van der Waals surface area contributed by atoms with E-state index in [9.17, 15) is 8.42 Å².